The monoisotopic (exact) mass is 470 g/mol. The van der Waals surface area contributed by atoms with E-state index in [2.05, 4.69) is 136 Å². The van der Waals surface area contributed by atoms with Crippen LogP contribution in [0.1, 0.15) is 84.4 Å². The highest BCUT2D eigenvalue weighted by Crippen LogP contribution is 2.46. The van der Waals surface area contributed by atoms with E-state index in [0.29, 0.717) is 11.8 Å². The number of hydrogen-bond acceptors (Lipinski definition) is 2. The molecule has 0 heterocycles. The van der Waals surface area contributed by atoms with Crippen molar-refractivity contribution in [2.75, 3.05) is 5.43 Å². The van der Waals surface area contributed by atoms with E-state index in [1.54, 1.807) is 0 Å². The Kier molecular flexibility index (Phi) is 6.86. The van der Waals surface area contributed by atoms with E-state index in [0.717, 1.165) is 11.3 Å². The number of hydrogen-bond donors (Lipinski definition) is 1. The molecule has 1 N–H and O–H groups in total. The molecule has 2 nitrogen and oxygen atoms in total. The van der Waals surface area contributed by atoms with Crippen LogP contribution in [0.25, 0.3) is 11.6 Å². The predicted octanol–water partition coefficient (Wildman–Crippen LogP) is 9.07. The molecule has 0 radical (unpaired) electrons. The molecule has 0 saturated heterocycles. The minimum Gasteiger partial charge on any atom is -0.278 e. The van der Waals surface area contributed by atoms with Crippen LogP contribution in [0, 0.1) is 0 Å². The van der Waals surface area contributed by atoms with Gasteiger partial charge in [0.15, 0.2) is 0 Å². The van der Waals surface area contributed by atoms with Crippen molar-refractivity contribution in [2.45, 2.75) is 45.4 Å². The Morgan fingerprint density at radius 2 is 1.28 bits per heavy atom. The van der Waals surface area contributed by atoms with Crippen molar-refractivity contribution >= 4 is 23.6 Å². The quantitative estimate of drug-likeness (QED) is 0.211. The van der Waals surface area contributed by atoms with Crippen molar-refractivity contribution in [3.8, 4) is 0 Å². The summed E-state index contributed by atoms with van der Waals surface area (Å²) in [5.74, 6) is 1.00. The molecule has 5 rings (SSSR count). The Bertz CT molecular complexity index is 1380. The van der Waals surface area contributed by atoms with Crippen molar-refractivity contribution in [3.63, 3.8) is 0 Å². The molecule has 0 aliphatic heterocycles. The van der Waals surface area contributed by atoms with Gasteiger partial charge in [0.25, 0.3) is 0 Å². The summed E-state index contributed by atoms with van der Waals surface area (Å²) in [4.78, 5) is 0. The lowest BCUT2D eigenvalue weighted by atomic mass is 9.83. The summed E-state index contributed by atoms with van der Waals surface area (Å²) in [6, 6.07) is 34.7. The molecule has 0 aromatic heterocycles. The highest BCUT2D eigenvalue weighted by Gasteiger charge is 2.28. The second-order valence-electron chi connectivity index (χ2n) is 10.1. The normalized spacial score (nSPS) is 14.9. The molecule has 1 atom stereocenters. The van der Waals surface area contributed by atoms with Crippen LogP contribution in [0.3, 0.4) is 0 Å². The third kappa shape index (κ3) is 4.64. The highest BCUT2D eigenvalue weighted by molar-refractivity contribution is 5.95. The molecule has 2 heteroatoms. The van der Waals surface area contributed by atoms with Crippen molar-refractivity contribution < 1.29 is 0 Å². The first kappa shape index (κ1) is 23.8. The van der Waals surface area contributed by atoms with E-state index >= 15 is 0 Å². The number of rotatable bonds is 7. The number of nitrogens with one attached hydrogen (secondary N) is 1. The van der Waals surface area contributed by atoms with Crippen LogP contribution in [-0.4, -0.2) is 6.21 Å². The standard InChI is InChI=1S/C34H34N2/c1-23(2)28-19-12-20-29(24(3)4)34(28)36-35-22-27-16-9-11-18-31(27)33-30-17-10-8-15-26(30)21-32(33)25-13-6-5-7-14-25/h5-24,33,36H,1-4H3/b35-22+. The van der Waals surface area contributed by atoms with E-state index < -0.39 is 0 Å². The first-order chi connectivity index (χ1) is 17.5. The fraction of sp³-hybridized carbons (Fsp3) is 0.206. The summed E-state index contributed by atoms with van der Waals surface area (Å²) in [5, 5.41) is 4.79. The average Bonchev–Trinajstić information content (AvgIpc) is 3.29. The lowest BCUT2D eigenvalue weighted by molar-refractivity contribution is 0.835. The van der Waals surface area contributed by atoms with E-state index in [9.17, 15) is 0 Å². The molecule has 1 aliphatic rings. The van der Waals surface area contributed by atoms with Gasteiger partial charge in [-0.05, 0) is 62.4 Å². The number of para-hydroxylation sites is 1. The van der Waals surface area contributed by atoms with Crippen LogP contribution >= 0.6 is 0 Å². The van der Waals surface area contributed by atoms with Crippen molar-refractivity contribution in [3.05, 3.63) is 136 Å². The van der Waals surface area contributed by atoms with E-state index in [1.165, 1.54) is 39.0 Å². The molecule has 0 saturated carbocycles. The van der Waals surface area contributed by atoms with Crippen LogP contribution in [0.4, 0.5) is 5.69 Å². The van der Waals surface area contributed by atoms with Gasteiger partial charge in [0.2, 0.25) is 0 Å². The topological polar surface area (TPSA) is 24.4 Å². The predicted molar refractivity (Wildman–Crippen MR) is 155 cm³/mol. The van der Waals surface area contributed by atoms with Gasteiger partial charge in [0.05, 0.1) is 11.9 Å². The van der Waals surface area contributed by atoms with Gasteiger partial charge in [-0.2, -0.15) is 5.10 Å². The Morgan fingerprint density at radius 1 is 0.667 bits per heavy atom. The maximum atomic E-state index is 4.79. The minimum absolute atomic E-state index is 0.167. The van der Waals surface area contributed by atoms with Crippen molar-refractivity contribution in [2.24, 2.45) is 5.10 Å². The molecule has 4 aromatic carbocycles. The van der Waals surface area contributed by atoms with E-state index in [1.807, 2.05) is 6.21 Å². The summed E-state index contributed by atoms with van der Waals surface area (Å²) in [6.07, 6.45) is 4.33. The Labute approximate surface area is 215 Å². The van der Waals surface area contributed by atoms with Gasteiger partial charge >= 0.3 is 0 Å². The van der Waals surface area contributed by atoms with E-state index in [-0.39, 0.29) is 5.92 Å². The summed E-state index contributed by atoms with van der Waals surface area (Å²) < 4.78 is 0. The van der Waals surface area contributed by atoms with Crippen LogP contribution in [-0.2, 0) is 0 Å². The molecule has 0 amide bonds. The van der Waals surface area contributed by atoms with Crippen molar-refractivity contribution in [1.29, 1.82) is 0 Å². The maximum absolute atomic E-state index is 4.79. The molecule has 1 unspecified atom stereocenters. The number of hydrazone groups is 1. The molecule has 36 heavy (non-hydrogen) atoms. The maximum Gasteiger partial charge on any atom is 0.0630 e. The number of nitrogens with zero attached hydrogens (tertiary/aromatic N) is 1. The van der Waals surface area contributed by atoms with Gasteiger partial charge in [-0.25, -0.2) is 0 Å². The minimum atomic E-state index is 0.167. The molecular formula is C34H34N2. The number of allylic oxidation sites excluding steroid dienone is 1. The Hall–Kier alpha value is -3.91. The number of fused-ring (bicyclic) bond motifs is 1. The second-order valence-corrected chi connectivity index (χ2v) is 10.1. The molecular weight excluding hydrogens is 436 g/mol. The van der Waals surface area contributed by atoms with Crippen LogP contribution in [0.5, 0.6) is 0 Å². The third-order valence-corrected chi connectivity index (χ3v) is 7.10. The average molecular weight is 471 g/mol. The number of benzene rings is 4. The van der Waals surface area contributed by atoms with Gasteiger partial charge in [0, 0.05) is 5.92 Å². The smallest absolute Gasteiger partial charge is 0.0630 e. The third-order valence-electron chi connectivity index (χ3n) is 7.10. The van der Waals surface area contributed by atoms with Gasteiger partial charge in [0.1, 0.15) is 0 Å². The Balaban J connectivity index is 1.53. The zero-order valence-corrected chi connectivity index (χ0v) is 21.6. The van der Waals surface area contributed by atoms with Gasteiger partial charge in [-0.15, -0.1) is 0 Å². The van der Waals surface area contributed by atoms with Crippen LogP contribution in [0.15, 0.2) is 102 Å². The van der Waals surface area contributed by atoms with Gasteiger partial charge in [-0.1, -0.05) is 125 Å². The number of anilines is 1. The highest BCUT2D eigenvalue weighted by atomic mass is 15.3. The largest absolute Gasteiger partial charge is 0.278 e. The zero-order valence-electron chi connectivity index (χ0n) is 21.6. The lowest BCUT2D eigenvalue weighted by Crippen LogP contribution is -2.06. The second kappa shape index (κ2) is 10.4. The summed E-state index contributed by atoms with van der Waals surface area (Å²) in [5.41, 5.74) is 14.8. The van der Waals surface area contributed by atoms with Crippen molar-refractivity contribution in [1.82, 2.24) is 0 Å². The lowest BCUT2D eigenvalue weighted by Gasteiger charge is -2.20. The molecule has 180 valence electrons. The Morgan fingerprint density at radius 3 is 1.97 bits per heavy atom. The first-order valence-corrected chi connectivity index (χ1v) is 12.9. The van der Waals surface area contributed by atoms with Gasteiger partial charge in [-0.3, -0.25) is 5.43 Å². The molecule has 0 bridgehead atoms. The molecule has 0 spiro atoms. The molecule has 0 fully saturated rings. The summed E-state index contributed by atoms with van der Waals surface area (Å²) >= 11 is 0. The summed E-state index contributed by atoms with van der Waals surface area (Å²) in [7, 11) is 0. The van der Waals surface area contributed by atoms with Crippen LogP contribution < -0.4 is 5.43 Å². The fourth-order valence-corrected chi connectivity index (χ4v) is 5.28. The fourth-order valence-electron chi connectivity index (χ4n) is 5.28. The SMILES string of the molecule is CC(C)c1cccc(C(C)C)c1N/N=C/c1ccccc1C1C(c2ccccc2)=Cc2ccccc21. The van der Waals surface area contributed by atoms with Crippen LogP contribution in [0.2, 0.25) is 0 Å². The first-order valence-electron chi connectivity index (χ1n) is 12.9. The summed E-state index contributed by atoms with van der Waals surface area (Å²) in [6.45, 7) is 8.94. The van der Waals surface area contributed by atoms with E-state index in [4.69, 9.17) is 5.10 Å². The zero-order chi connectivity index (χ0) is 25.1. The molecule has 4 aromatic rings. The van der Waals surface area contributed by atoms with Gasteiger partial charge < -0.3 is 0 Å². The molecule has 1 aliphatic carbocycles.